The first kappa shape index (κ1) is 15.8. The second kappa shape index (κ2) is 6.43. The van der Waals surface area contributed by atoms with Crippen LogP contribution in [0.5, 0.6) is 0 Å². The van der Waals surface area contributed by atoms with Gasteiger partial charge in [-0.15, -0.1) is 0 Å². The summed E-state index contributed by atoms with van der Waals surface area (Å²) in [5.41, 5.74) is 0.759. The smallest absolute Gasteiger partial charge is 0.299 e. The number of carbonyl (C=O) groups excluding carboxylic acids is 1. The Morgan fingerprint density at radius 1 is 0.952 bits per heavy atom. The van der Waals surface area contributed by atoms with Gasteiger partial charge in [0.1, 0.15) is 5.78 Å². The minimum Gasteiger partial charge on any atom is -0.299 e. The van der Waals surface area contributed by atoms with Gasteiger partial charge in [-0.1, -0.05) is 40.2 Å². The SMILES string of the molecule is O=C(Cc1ccc(C(F)(F)F)cc1)Cc1cccc(Br)c1. The Labute approximate surface area is 128 Å². The molecule has 2 aromatic rings. The van der Waals surface area contributed by atoms with Crippen LogP contribution < -0.4 is 0 Å². The van der Waals surface area contributed by atoms with Crippen LogP contribution in [-0.4, -0.2) is 5.78 Å². The molecule has 0 saturated heterocycles. The fourth-order valence-corrected chi connectivity index (χ4v) is 2.42. The number of hydrogen-bond donors (Lipinski definition) is 0. The number of carbonyl (C=O) groups is 1. The molecule has 1 nitrogen and oxygen atoms in total. The Hall–Kier alpha value is -1.62. The first-order chi connectivity index (χ1) is 9.84. The Morgan fingerprint density at radius 3 is 2.14 bits per heavy atom. The van der Waals surface area contributed by atoms with Crippen LogP contribution in [-0.2, 0) is 23.8 Å². The summed E-state index contributed by atoms with van der Waals surface area (Å²) >= 11 is 3.33. The summed E-state index contributed by atoms with van der Waals surface area (Å²) in [4.78, 5) is 11.9. The summed E-state index contributed by atoms with van der Waals surface area (Å²) in [6.07, 6.45) is -3.95. The number of Topliss-reactive ketones (excluding diaryl/α,β-unsaturated/α-hetero) is 1. The quantitative estimate of drug-likeness (QED) is 0.767. The number of benzene rings is 2. The lowest BCUT2D eigenvalue weighted by atomic mass is 10.0. The van der Waals surface area contributed by atoms with Gasteiger partial charge < -0.3 is 0 Å². The number of hydrogen-bond acceptors (Lipinski definition) is 1. The summed E-state index contributed by atoms with van der Waals surface area (Å²) in [5, 5.41) is 0. The average molecular weight is 357 g/mol. The minimum atomic E-state index is -4.35. The highest BCUT2D eigenvalue weighted by atomic mass is 79.9. The van der Waals surface area contributed by atoms with E-state index >= 15 is 0 Å². The van der Waals surface area contributed by atoms with Crippen molar-refractivity contribution in [3.8, 4) is 0 Å². The van der Waals surface area contributed by atoms with Crippen LogP contribution in [0.4, 0.5) is 13.2 Å². The highest BCUT2D eigenvalue weighted by Gasteiger charge is 2.29. The lowest BCUT2D eigenvalue weighted by molar-refractivity contribution is -0.137. The van der Waals surface area contributed by atoms with Gasteiger partial charge in [0.15, 0.2) is 0 Å². The Balaban J connectivity index is 2.00. The summed E-state index contributed by atoms with van der Waals surface area (Å²) in [6, 6.07) is 12.1. The van der Waals surface area contributed by atoms with Gasteiger partial charge in [0.2, 0.25) is 0 Å². The largest absolute Gasteiger partial charge is 0.416 e. The van der Waals surface area contributed by atoms with E-state index in [2.05, 4.69) is 15.9 Å². The standard InChI is InChI=1S/C16H12BrF3O/c17-14-3-1-2-12(8-14)10-15(21)9-11-4-6-13(7-5-11)16(18,19)20/h1-8H,9-10H2. The fourth-order valence-electron chi connectivity index (χ4n) is 1.98. The van der Waals surface area contributed by atoms with E-state index in [0.29, 0.717) is 5.56 Å². The van der Waals surface area contributed by atoms with E-state index in [9.17, 15) is 18.0 Å². The normalized spacial score (nSPS) is 11.4. The molecule has 0 amide bonds. The van der Waals surface area contributed by atoms with Crippen LogP contribution in [0.25, 0.3) is 0 Å². The van der Waals surface area contributed by atoms with Crippen molar-refractivity contribution in [3.63, 3.8) is 0 Å². The van der Waals surface area contributed by atoms with E-state index in [-0.39, 0.29) is 18.6 Å². The van der Waals surface area contributed by atoms with Crippen molar-refractivity contribution in [3.05, 3.63) is 69.7 Å². The zero-order chi connectivity index (χ0) is 15.5. The van der Waals surface area contributed by atoms with Crippen molar-refractivity contribution in [1.29, 1.82) is 0 Å². The van der Waals surface area contributed by atoms with Crippen molar-refractivity contribution in [2.75, 3.05) is 0 Å². The Kier molecular flexibility index (Phi) is 4.83. The molecule has 0 aliphatic rings. The lowest BCUT2D eigenvalue weighted by Gasteiger charge is -2.07. The van der Waals surface area contributed by atoms with Gasteiger partial charge in [-0.25, -0.2) is 0 Å². The monoisotopic (exact) mass is 356 g/mol. The van der Waals surface area contributed by atoms with Crippen LogP contribution in [0.15, 0.2) is 53.0 Å². The van der Waals surface area contributed by atoms with Crippen molar-refractivity contribution in [2.45, 2.75) is 19.0 Å². The first-order valence-corrected chi connectivity index (χ1v) is 7.06. The maximum Gasteiger partial charge on any atom is 0.416 e. The molecule has 5 heteroatoms. The zero-order valence-corrected chi connectivity index (χ0v) is 12.5. The number of alkyl halides is 3. The molecule has 0 spiro atoms. The topological polar surface area (TPSA) is 17.1 Å². The molecule has 0 aromatic heterocycles. The average Bonchev–Trinajstić information content (AvgIpc) is 2.38. The van der Waals surface area contributed by atoms with Crippen LogP contribution in [0, 0.1) is 0 Å². The number of ketones is 1. The van der Waals surface area contributed by atoms with Crippen LogP contribution in [0.3, 0.4) is 0 Å². The lowest BCUT2D eigenvalue weighted by Crippen LogP contribution is -2.08. The van der Waals surface area contributed by atoms with Crippen molar-refractivity contribution >= 4 is 21.7 Å². The fraction of sp³-hybridized carbons (Fsp3) is 0.188. The molecular weight excluding hydrogens is 345 g/mol. The van der Waals surface area contributed by atoms with E-state index in [1.807, 2.05) is 24.3 Å². The van der Waals surface area contributed by atoms with Gasteiger partial charge in [-0.2, -0.15) is 13.2 Å². The van der Waals surface area contributed by atoms with E-state index in [1.54, 1.807) is 0 Å². The molecule has 0 N–H and O–H groups in total. The molecule has 0 unspecified atom stereocenters. The minimum absolute atomic E-state index is 0.0344. The third-order valence-electron chi connectivity index (χ3n) is 2.97. The molecule has 2 aromatic carbocycles. The van der Waals surface area contributed by atoms with Crippen LogP contribution in [0.1, 0.15) is 16.7 Å². The molecule has 0 fully saturated rings. The summed E-state index contributed by atoms with van der Waals surface area (Å²) < 4.78 is 38.2. The van der Waals surface area contributed by atoms with Gasteiger partial charge in [0.25, 0.3) is 0 Å². The van der Waals surface area contributed by atoms with Crippen molar-refractivity contribution < 1.29 is 18.0 Å². The molecule has 0 aliphatic carbocycles. The molecular formula is C16H12BrF3O. The van der Waals surface area contributed by atoms with Gasteiger partial charge in [-0.05, 0) is 35.4 Å². The third-order valence-corrected chi connectivity index (χ3v) is 3.47. The summed E-state index contributed by atoms with van der Waals surface area (Å²) in [6.45, 7) is 0. The molecule has 2 rings (SSSR count). The third kappa shape index (κ3) is 4.70. The van der Waals surface area contributed by atoms with E-state index in [0.717, 1.165) is 22.2 Å². The zero-order valence-electron chi connectivity index (χ0n) is 11.0. The number of halogens is 4. The van der Waals surface area contributed by atoms with Gasteiger partial charge >= 0.3 is 6.18 Å². The van der Waals surface area contributed by atoms with Gasteiger partial charge in [0, 0.05) is 17.3 Å². The van der Waals surface area contributed by atoms with Crippen molar-refractivity contribution in [1.82, 2.24) is 0 Å². The van der Waals surface area contributed by atoms with Crippen LogP contribution >= 0.6 is 15.9 Å². The Bertz CT molecular complexity index is 633. The molecule has 110 valence electrons. The molecule has 0 heterocycles. The van der Waals surface area contributed by atoms with Crippen LogP contribution in [0.2, 0.25) is 0 Å². The van der Waals surface area contributed by atoms with E-state index in [1.165, 1.54) is 12.1 Å². The summed E-state index contributed by atoms with van der Waals surface area (Å²) in [7, 11) is 0. The van der Waals surface area contributed by atoms with Gasteiger partial charge in [-0.3, -0.25) is 4.79 Å². The van der Waals surface area contributed by atoms with E-state index < -0.39 is 11.7 Å². The second-order valence-corrected chi connectivity index (χ2v) is 5.63. The molecule has 0 radical (unpaired) electrons. The predicted octanol–water partition coefficient (Wildman–Crippen LogP) is 4.82. The predicted molar refractivity (Wildman–Crippen MR) is 78.0 cm³/mol. The highest BCUT2D eigenvalue weighted by Crippen LogP contribution is 2.29. The molecule has 0 bridgehead atoms. The first-order valence-electron chi connectivity index (χ1n) is 6.27. The van der Waals surface area contributed by atoms with Gasteiger partial charge in [0.05, 0.1) is 5.56 Å². The van der Waals surface area contributed by atoms with E-state index in [4.69, 9.17) is 0 Å². The second-order valence-electron chi connectivity index (χ2n) is 4.72. The molecule has 0 saturated carbocycles. The maximum atomic E-state index is 12.4. The molecule has 21 heavy (non-hydrogen) atoms. The van der Waals surface area contributed by atoms with Crippen molar-refractivity contribution in [2.24, 2.45) is 0 Å². The maximum absolute atomic E-state index is 12.4. The number of rotatable bonds is 4. The molecule has 0 atom stereocenters. The summed E-state index contributed by atoms with van der Waals surface area (Å²) in [5.74, 6) is -0.0344. The Morgan fingerprint density at radius 2 is 1.57 bits per heavy atom. The highest BCUT2D eigenvalue weighted by molar-refractivity contribution is 9.10. The molecule has 0 aliphatic heterocycles.